The third kappa shape index (κ3) is 4.22. The summed E-state index contributed by atoms with van der Waals surface area (Å²) >= 11 is 6.01. The van der Waals surface area contributed by atoms with Gasteiger partial charge in [-0.3, -0.25) is 4.79 Å². The van der Waals surface area contributed by atoms with Crippen LogP contribution in [0.5, 0.6) is 0 Å². The van der Waals surface area contributed by atoms with Crippen LogP contribution in [0.15, 0.2) is 24.3 Å². The molecular formula is C17H25ClN2O2. The highest BCUT2D eigenvalue weighted by Crippen LogP contribution is 2.31. The smallest absolute Gasteiger partial charge is 0.225 e. The molecule has 3 N–H and O–H groups in total. The number of benzene rings is 1. The standard InChI is InChI=1S/C17H25ClN2O2/c1-17(19)9-4-3-8-14(17)16(21)20-11-15(22-2)12-6-5-7-13(18)10-12/h5-7,10,14-15H,3-4,8-9,11,19H2,1-2H3,(H,20,21). The Morgan fingerprint density at radius 1 is 1.55 bits per heavy atom. The number of amides is 1. The van der Waals surface area contributed by atoms with Gasteiger partial charge in [-0.15, -0.1) is 0 Å². The zero-order chi connectivity index (χ0) is 16.2. The lowest BCUT2D eigenvalue weighted by Crippen LogP contribution is -2.53. The van der Waals surface area contributed by atoms with Crippen molar-refractivity contribution in [2.45, 2.75) is 44.2 Å². The number of carbonyl (C=O) groups excluding carboxylic acids is 1. The molecule has 1 fully saturated rings. The normalized spacial score (nSPS) is 26.5. The monoisotopic (exact) mass is 324 g/mol. The SMILES string of the molecule is COC(CNC(=O)C1CCCCC1(C)N)c1cccc(Cl)c1. The predicted molar refractivity (Wildman–Crippen MR) is 88.8 cm³/mol. The first-order valence-corrected chi connectivity index (χ1v) is 8.16. The molecule has 22 heavy (non-hydrogen) atoms. The van der Waals surface area contributed by atoms with Crippen LogP contribution in [0.3, 0.4) is 0 Å². The van der Waals surface area contributed by atoms with Crippen molar-refractivity contribution in [1.29, 1.82) is 0 Å². The lowest BCUT2D eigenvalue weighted by Gasteiger charge is -2.37. The lowest BCUT2D eigenvalue weighted by atomic mass is 9.74. The van der Waals surface area contributed by atoms with E-state index in [1.807, 2.05) is 31.2 Å². The number of carbonyl (C=O) groups is 1. The average molecular weight is 325 g/mol. The van der Waals surface area contributed by atoms with Gasteiger partial charge in [0.1, 0.15) is 0 Å². The highest BCUT2D eigenvalue weighted by Gasteiger charge is 2.37. The van der Waals surface area contributed by atoms with Gasteiger partial charge in [0.2, 0.25) is 5.91 Å². The number of nitrogens with two attached hydrogens (primary N) is 1. The summed E-state index contributed by atoms with van der Waals surface area (Å²) in [6, 6.07) is 7.50. The van der Waals surface area contributed by atoms with Gasteiger partial charge in [0, 0.05) is 24.2 Å². The molecule has 122 valence electrons. The van der Waals surface area contributed by atoms with E-state index < -0.39 is 5.54 Å². The molecule has 1 aromatic carbocycles. The third-order valence-corrected chi connectivity index (χ3v) is 4.77. The maximum Gasteiger partial charge on any atom is 0.225 e. The summed E-state index contributed by atoms with van der Waals surface area (Å²) in [5.74, 6) is -0.105. The Hall–Kier alpha value is -1.10. The minimum Gasteiger partial charge on any atom is -0.375 e. The van der Waals surface area contributed by atoms with E-state index in [9.17, 15) is 4.79 Å². The van der Waals surface area contributed by atoms with Crippen molar-refractivity contribution in [1.82, 2.24) is 5.32 Å². The van der Waals surface area contributed by atoms with E-state index in [2.05, 4.69) is 5.32 Å². The van der Waals surface area contributed by atoms with E-state index in [0.29, 0.717) is 11.6 Å². The van der Waals surface area contributed by atoms with Crippen LogP contribution in [0, 0.1) is 5.92 Å². The Balaban J connectivity index is 1.97. The summed E-state index contributed by atoms with van der Waals surface area (Å²) in [5.41, 5.74) is 6.82. The third-order valence-electron chi connectivity index (χ3n) is 4.54. The topological polar surface area (TPSA) is 64.3 Å². The molecule has 2 rings (SSSR count). The van der Waals surface area contributed by atoms with Gasteiger partial charge in [-0.1, -0.05) is 36.6 Å². The largest absolute Gasteiger partial charge is 0.375 e. The second kappa shape index (κ2) is 7.44. The van der Waals surface area contributed by atoms with Crippen molar-refractivity contribution in [3.05, 3.63) is 34.9 Å². The maximum absolute atomic E-state index is 12.5. The summed E-state index contributed by atoms with van der Waals surface area (Å²) in [6.45, 7) is 2.39. The van der Waals surface area contributed by atoms with Gasteiger partial charge in [-0.25, -0.2) is 0 Å². The molecule has 0 saturated heterocycles. The molecule has 3 unspecified atom stereocenters. The van der Waals surface area contributed by atoms with Gasteiger partial charge in [-0.05, 0) is 37.5 Å². The Labute approximate surface area is 137 Å². The summed E-state index contributed by atoms with van der Waals surface area (Å²) in [6.07, 6.45) is 3.70. The number of methoxy groups -OCH3 is 1. The van der Waals surface area contributed by atoms with Crippen molar-refractivity contribution in [2.75, 3.05) is 13.7 Å². The first-order valence-electron chi connectivity index (χ1n) is 7.79. The van der Waals surface area contributed by atoms with Gasteiger partial charge in [-0.2, -0.15) is 0 Å². The van der Waals surface area contributed by atoms with E-state index >= 15 is 0 Å². The van der Waals surface area contributed by atoms with Crippen molar-refractivity contribution >= 4 is 17.5 Å². The van der Waals surface area contributed by atoms with Gasteiger partial charge in [0.05, 0.1) is 12.0 Å². The molecule has 0 bridgehead atoms. The zero-order valence-electron chi connectivity index (χ0n) is 13.3. The molecule has 0 aliphatic heterocycles. The second-order valence-electron chi connectivity index (χ2n) is 6.33. The Morgan fingerprint density at radius 3 is 2.95 bits per heavy atom. The molecule has 5 heteroatoms. The zero-order valence-corrected chi connectivity index (χ0v) is 14.0. The summed E-state index contributed by atoms with van der Waals surface area (Å²) in [7, 11) is 1.63. The Kier molecular flexibility index (Phi) is 5.84. The minimum atomic E-state index is -0.416. The quantitative estimate of drug-likeness (QED) is 0.875. The van der Waals surface area contributed by atoms with Crippen LogP contribution < -0.4 is 11.1 Å². The van der Waals surface area contributed by atoms with E-state index in [4.69, 9.17) is 22.1 Å². The van der Waals surface area contributed by atoms with Crippen LogP contribution in [0.1, 0.15) is 44.3 Å². The molecule has 0 radical (unpaired) electrons. The van der Waals surface area contributed by atoms with Crippen LogP contribution in [0.2, 0.25) is 5.02 Å². The van der Waals surface area contributed by atoms with Crippen LogP contribution in [-0.4, -0.2) is 25.1 Å². The fraction of sp³-hybridized carbons (Fsp3) is 0.588. The lowest BCUT2D eigenvalue weighted by molar-refractivity contribution is -0.128. The minimum absolute atomic E-state index is 0.0220. The van der Waals surface area contributed by atoms with Crippen molar-refractivity contribution in [3.63, 3.8) is 0 Å². The molecule has 3 atom stereocenters. The Morgan fingerprint density at radius 2 is 2.32 bits per heavy atom. The number of nitrogens with one attached hydrogen (secondary N) is 1. The predicted octanol–water partition coefficient (Wildman–Crippen LogP) is 3.05. The first-order chi connectivity index (χ1) is 10.4. The van der Waals surface area contributed by atoms with Crippen molar-refractivity contribution < 1.29 is 9.53 Å². The van der Waals surface area contributed by atoms with Gasteiger partial charge >= 0.3 is 0 Å². The molecule has 0 spiro atoms. The Bertz CT molecular complexity index is 519. The molecule has 1 amide bonds. The fourth-order valence-corrected chi connectivity index (χ4v) is 3.35. The summed E-state index contributed by atoms with van der Waals surface area (Å²) in [5, 5.41) is 3.65. The molecule has 1 aromatic rings. The molecular weight excluding hydrogens is 300 g/mol. The number of hydrogen-bond acceptors (Lipinski definition) is 3. The fourth-order valence-electron chi connectivity index (χ4n) is 3.15. The number of ether oxygens (including phenoxy) is 1. The van der Waals surface area contributed by atoms with Crippen LogP contribution in [0.4, 0.5) is 0 Å². The number of rotatable bonds is 5. The average Bonchev–Trinajstić information content (AvgIpc) is 2.47. The van der Waals surface area contributed by atoms with Gasteiger partial charge in [0.15, 0.2) is 0 Å². The first kappa shape index (κ1) is 17.3. The van der Waals surface area contributed by atoms with Crippen LogP contribution in [-0.2, 0) is 9.53 Å². The molecule has 4 nitrogen and oxygen atoms in total. The van der Waals surface area contributed by atoms with Crippen LogP contribution >= 0.6 is 11.6 Å². The highest BCUT2D eigenvalue weighted by molar-refractivity contribution is 6.30. The summed E-state index contributed by atoms with van der Waals surface area (Å²) in [4.78, 5) is 12.5. The molecule has 1 aliphatic rings. The number of halogens is 1. The van der Waals surface area contributed by atoms with E-state index in [0.717, 1.165) is 31.2 Å². The summed E-state index contributed by atoms with van der Waals surface area (Å²) < 4.78 is 5.48. The molecule has 1 aliphatic carbocycles. The van der Waals surface area contributed by atoms with Crippen molar-refractivity contribution in [2.24, 2.45) is 11.7 Å². The van der Waals surface area contributed by atoms with E-state index in [1.54, 1.807) is 7.11 Å². The highest BCUT2D eigenvalue weighted by atomic mass is 35.5. The van der Waals surface area contributed by atoms with Crippen LogP contribution in [0.25, 0.3) is 0 Å². The van der Waals surface area contributed by atoms with E-state index in [1.165, 1.54) is 0 Å². The van der Waals surface area contributed by atoms with Gasteiger partial charge in [0.25, 0.3) is 0 Å². The van der Waals surface area contributed by atoms with E-state index in [-0.39, 0.29) is 17.9 Å². The molecule has 0 aromatic heterocycles. The number of hydrogen-bond donors (Lipinski definition) is 2. The second-order valence-corrected chi connectivity index (χ2v) is 6.77. The molecule has 1 saturated carbocycles. The van der Waals surface area contributed by atoms with Crippen molar-refractivity contribution in [3.8, 4) is 0 Å². The maximum atomic E-state index is 12.5. The van der Waals surface area contributed by atoms with Gasteiger partial charge < -0.3 is 15.8 Å². The molecule has 0 heterocycles.